The van der Waals surface area contributed by atoms with Crippen LogP contribution < -0.4 is 5.32 Å². The van der Waals surface area contributed by atoms with Gasteiger partial charge in [0.15, 0.2) is 0 Å². The Labute approximate surface area is 106 Å². The molecule has 0 unspecified atom stereocenters. The van der Waals surface area contributed by atoms with E-state index in [0.29, 0.717) is 13.1 Å². The Morgan fingerprint density at radius 2 is 2.31 bits per heavy atom. The molecular formula is C10H18ClN3OS. The predicted octanol–water partition coefficient (Wildman–Crippen LogP) is 1.31. The summed E-state index contributed by atoms with van der Waals surface area (Å²) in [7, 11) is 3.57. The molecule has 1 aromatic rings. The van der Waals surface area contributed by atoms with Gasteiger partial charge in [0.25, 0.3) is 0 Å². The van der Waals surface area contributed by atoms with E-state index in [-0.39, 0.29) is 18.3 Å². The monoisotopic (exact) mass is 263 g/mol. The first-order chi connectivity index (χ1) is 7.17. The van der Waals surface area contributed by atoms with Crippen molar-refractivity contribution in [3.63, 3.8) is 0 Å². The van der Waals surface area contributed by atoms with Gasteiger partial charge < -0.3 is 10.2 Å². The van der Waals surface area contributed by atoms with Crippen LogP contribution in [-0.4, -0.2) is 36.4 Å². The molecule has 0 saturated carbocycles. The summed E-state index contributed by atoms with van der Waals surface area (Å²) in [6.45, 7) is 3.08. The summed E-state index contributed by atoms with van der Waals surface area (Å²) >= 11 is 1.67. The van der Waals surface area contributed by atoms with Crippen molar-refractivity contribution in [2.24, 2.45) is 0 Å². The van der Waals surface area contributed by atoms with Crippen LogP contribution >= 0.6 is 23.7 Å². The lowest BCUT2D eigenvalue weighted by Gasteiger charge is -2.14. The van der Waals surface area contributed by atoms with Gasteiger partial charge in [-0.2, -0.15) is 0 Å². The molecule has 1 aromatic heterocycles. The number of rotatable bonds is 5. The maximum Gasteiger partial charge on any atom is 0.236 e. The molecule has 16 heavy (non-hydrogen) atoms. The Morgan fingerprint density at radius 3 is 2.81 bits per heavy atom. The van der Waals surface area contributed by atoms with Crippen molar-refractivity contribution < 1.29 is 4.79 Å². The second kappa shape index (κ2) is 7.60. The lowest BCUT2D eigenvalue weighted by molar-refractivity contribution is -0.129. The quantitative estimate of drug-likeness (QED) is 0.871. The molecule has 0 atom stereocenters. The third-order valence-electron chi connectivity index (χ3n) is 2.08. The van der Waals surface area contributed by atoms with Crippen LogP contribution in [0.5, 0.6) is 0 Å². The second-order valence-corrected chi connectivity index (χ2v) is 4.55. The van der Waals surface area contributed by atoms with Crippen LogP contribution in [0.3, 0.4) is 0 Å². The fraction of sp³-hybridized carbons (Fsp3) is 0.600. The van der Waals surface area contributed by atoms with Crippen LogP contribution in [0.15, 0.2) is 6.20 Å². The summed E-state index contributed by atoms with van der Waals surface area (Å²) < 4.78 is 0. The van der Waals surface area contributed by atoms with Crippen molar-refractivity contribution >= 4 is 29.7 Å². The number of amides is 1. The van der Waals surface area contributed by atoms with Crippen molar-refractivity contribution in [2.45, 2.75) is 19.9 Å². The molecule has 1 rings (SSSR count). The van der Waals surface area contributed by atoms with Crippen LogP contribution in [0.4, 0.5) is 0 Å². The van der Waals surface area contributed by atoms with Gasteiger partial charge in [-0.05, 0) is 13.5 Å². The SMILES string of the molecule is CCc1cnc(CN(C)C(=O)CNC)s1.Cl. The van der Waals surface area contributed by atoms with E-state index in [1.54, 1.807) is 30.3 Å². The van der Waals surface area contributed by atoms with Crippen molar-refractivity contribution in [1.29, 1.82) is 0 Å². The van der Waals surface area contributed by atoms with Gasteiger partial charge in [0.2, 0.25) is 5.91 Å². The van der Waals surface area contributed by atoms with E-state index in [1.807, 2.05) is 6.20 Å². The molecular weight excluding hydrogens is 246 g/mol. The topological polar surface area (TPSA) is 45.2 Å². The fourth-order valence-electron chi connectivity index (χ4n) is 1.16. The Hall–Kier alpha value is -0.650. The zero-order chi connectivity index (χ0) is 11.3. The highest BCUT2D eigenvalue weighted by molar-refractivity contribution is 7.11. The van der Waals surface area contributed by atoms with Gasteiger partial charge in [-0.1, -0.05) is 6.92 Å². The van der Waals surface area contributed by atoms with E-state index in [2.05, 4.69) is 17.2 Å². The smallest absolute Gasteiger partial charge is 0.236 e. The molecule has 4 nitrogen and oxygen atoms in total. The van der Waals surface area contributed by atoms with Gasteiger partial charge >= 0.3 is 0 Å². The number of aryl methyl sites for hydroxylation is 1. The highest BCUT2D eigenvalue weighted by Crippen LogP contribution is 2.14. The van der Waals surface area contributed by atoms with E-state index < -0.39 is 0 Å². The molecule has 0 radical (unpaired) electrons. The Bertz CT molecular complexity index is 330. The summed E-state index contributed by atoms with van der Waals surface area (Å²) in [5.41, 5.74) is 0. The van der Waals surface area contributed by atoms with E-state index in [9.17, 15) is 4.79 Å². The van der Waals surface area contributed by atoms with E-state index in [4.69, 9.17) is 0 Å². The molecule has 0 aliphatic rings. The second-order valence-electron chi connectivity index (χ2n) is 3.35. The van der Waals surface area contributed by atoms with Gasteiger partial charge in [0.1, 0.15) is 5.01 Å². The molecule has 0 aliphatic heterocycles. The number of hydrogen-bond acceptors (Lipinski definition) is 4. The molecule has 0 aliphatic carbocycles. The number of hydrogen-bond donors (Lipinski definition) is 1. The molecule has 0 spiro atoms. The average Bonchev–Trinajstić information content (AvgIpc) is 2.66. The van der Waals surface area contributed by atoms with Crippen molar-refractivity contribution in [1.82, 2.24) is 15.2 Å². The number of carbonyl (C=O) groups excluding carboxylic acids is 1. The maximum absolute atomic E-state index is 11.5. The van der Waals surface area contributed by atoms with Crippen LogP contribution in [-0.2, 0) is 17.8 Å². The molecule has 0 fully saturated rings. The minimum Gasteiger partial charge on any atom is -0.338 e. The Morgan fingerprint density at radius 1 is 1.62 bits per heavy atom. The molecule has 6 heteroatoms. The highest BCUT2D eigenvalue weighted by Gasteiger charge is 2.09. The first kappa shape index (κ1) is 15.3. The van der Waals surface area contributed by atoms with Gasteiger partial charge in [0.05, 0.1) is 13.1 Å². The third kappa shape index (κ3) is 4.47. The van der Waals surface area contributed by atoms with E-state index in [0.717, 1.165) is 11.4 Å². The average molecular weight is 264 g/mol. The molecule has 0 bridgehead atoms. The normalized spacial score (nSPS) is 9.69. The van der Waals surface area contributed by atoms with Crippen molar-refractivity contribution in [3.05, 3.63) is 16.1 Å². The number of halogens is 1. The van der Waals surface area contributed by atoms with Crippen molar-refractivity contribution in [3.8, 4) is 0 Å². The van der Waals surface area contributed by atoms with Gasteiger partial charge in [-0.25, -0.2) is 4.98 Å². The number of nitrogens with one attached hydrogen (secondary N) is 1. The summed E-state index contributed by atoms with van der Waals surface area (Å²) in [6.07, 6.45) is 2.89. The molecule has 0 aromatic carbocycles. The van der Waals surface area contributed by atoms with Crippen LogP contribution in [0.25, 0.3) is 0 Å². The number of aromatic nitrogens is 1. The Kier molecular flexibility index (Phi) is 7.29. The highest BCUT2D eigenvalue weighted by atomic mass is 35.5. The van der Waals surface area contributed by atoms with Crippen molar-refractivity contribution in [2.75, 3.05) is 20.6 Å². The molecule has 0 saturated heterocycles. The maximum atomic E-state index is 11.5. The summed E-state index contributed by atoms with van der Waals surface area (Å²) in [4.78, 5) is 18.7. The number of carbonyl (C=O) groups is 1. The zero-order valence-electron chi connectivity index (χ0n) is 9.82. The van der Waals surface area contributed by atoms with Crippen LogP contribution in [0, 0.1) is 0 Å². The largest absolute Gasteiger partial charge is 0.338 e. The number of thiazole rings is 1. The summed E-state index contributed by atoms with van der Waals surface area (Å²) in [5.74, 6) is 0.0887. The molecule has 92 valence electrons. The predicted molar refractivity (Wildman–Crippen MR) is 69.1 cm³/mol. The lowest BCUT2D eigenvalue weighted by Crippen LogP contribution is -2.33. The van der Waals surface area contributed by atoms with E-state index in [1.165, 1.54) is 4.88 Å². The van der Waals surface area contributed by atoms with Gasteiger partial charge in [-0.3, -0.25) is 4.79 Å². The molecule has 1 N–H and O–H groups in total. The van der Waals surface area contributed by atoms with Gasteiger partial charge in [-0.15, -0.1) is 23.7 Å². The van der Waals surface area contributed by atoms with Gasteiger partial charge in [0, 0.05) is 18.1 Å². The lowest BCUT2D eigenvalue weighted by atomic mass is 10.4. The first-order valence-corrected chi connectivity index (χ1v) is 5.81. The molecule has 1 heterocycles. The first-order valence-electron chi connectivity index (χ1n) is 4.99. The number of likely N-dealkylation sites (N-methyl/N-ethyl adjacent to an activating group) is 2. The minimum atomic E-state index is 0. The summed E-state index contributed by atoms with van der Waals surface area (Å²) in [6, 6.07) is 0. The van der Waals surface area contributed by atoms with Crippen LogP contribution in [0.2, 0.25) is 0 Å². The third-order valence-corrected chi connectivity index (χ3v) is 3.20. The Balaban J connectivity index is 0.00000225. The zero-order valence-corrected chi connectivity index (χ0v) is 11.5. The number of nitrogens with zero attached hydrogens (tertiary/aromatic N) is 2. The molecule has 1 amide bonds. The standard InChI is InChI=1S/C10H17N3OS.ClH/c1-4-8-5-12-9(15-8)7-13(3)10(14)6-11-2;/h5,11H,4,6-7H2,1-3H3;1H. The summed E-state index contributed by atoms with van der Waals surface area (Å²) in [5, 5.41) is 3.84. The fourth-order valence-corrected chi connectivity index (χ4v) is 2.08. The van der Waals surface area contributed by atoms with E-state index >= 15 is 0 Å². The minimum absolute atomic E-state index is 0. The van der Waals surface area contributed by atoms with Crippen LogP contribution in [0.1, 0.15) is 16.8 Å².